The van der Waals surface area contributed by atoms with E-state index in [1.165, 1.54) is 0 Å². The second kappa shape index (κ2) is 4.65. The zero-order valence-corrected chi connectivity index (χ0v) is 9.57. The van der Waals surface area contributed by atoms with Crippen LogP contribution in [0.4, 0.5) is 0 Å². The van der Waals surface area contributed by atoms with Crippen molar-refractivity contribution in [2.45, 2.75) is 31.8 Å². The number of hydrogen-bond acceptors (Lipinski definition) is 3. The molecular formula is C11H18N4O. The predicted molar refractivity (Wildman–Crippen MR) is 60.9 cm³/mol. The van der Waals surface area contributed by atoms with Crippen molar-refractivity contribution in [3.8, 4) is 0 Å². The van der Waals surface area contributed by atoms with Gasteiger partial charge in [-0.15, -0.1) is 0 Å². The first-order chi connectivity index (χ1) is 7.68. The average Bonchev–Trinajstić information content (AvgIpc) is 2.86. The van der Waals surface area contributed by atoms with Crippen molar-refractivity contribution in [1.29, 1.82) is 0 Å². The lowest BCUT2D eigenvalue weighted by Gasteiger charge is -2.24. The summed E-state index contributed by atoms with van der Waals surface area (Å²) in [5, 5.41) is 10.4. The summed E-state index contributed by atoms with van der Waals surface area (Å²) < 4.78 is 1.77. The summed E-state index contributed by atoms with van der Waals surface area (Å²) >= 11 is 0. The maximum atomic E-state index is 11.7. The molecular weight excluding hydrogens is 204 g/mol. The molecule has 1 aliphatic heterocycles. The lowest BCUT2D eigenvalue weighted by Crippen LogP contribution is -2.47. The Morgan fingerprint density at radius 1 is 1.69 bits per heavy atom. The van der Waals surface area contributed by atoms with Crippen LogP contribution in [-0.2, 0) is 11.3 Å². The van der Waals surface area contributed by atoms with Gasteiger partial charge in [-0.05, 0) is 26.0 Å². The molecule has 88 valence electrons. The summed E-state index contributed by atoms with van der Waals surface area (Å²) in [5.41, 5.74) is -0.0683. The highest BCUT2D eigenvalue weighted by molar-refractivity contribution is 5.76. The van der Waals surface area contributed by atoms with E-state index < -0.39 is 0 Å². The van der Waals surface area contributed by atoms with E-state index in [0.29, 0.717) is 13.0 Å². The van der Waals surface area contributed by atoms with E-state index in [2.05, 4.69) is 22.7 Å². The van der Waals surface area contributed by atoms with E-state index in [-0.39, 0.29) is 11.4 Å². The molecule has 1 saturated heterocycles. The molecule has 0 radical (unpaired) electrons. The highest BCUT2D eigenvalue weighted by Gasteiger charge is 2.29. The molecule has 0 aromatic carbocycles. The summed E-state index contributed by atoms with van der Waals surface area (Å²) in [4.78, 5) is 11.7. The van der Waals surface area contributed by atoms with Gasteiger partial charge in [0.1, 0.15) is 0 Å². The number of aromatic nitrogens is 2. The highest BCUT2D eigenvalue weighted by atomic mass is 16.1. The van der Waals surface area contributed by atoms with Crippen molar-refractivity contribution in [3.05, 3.63) is 18.5 Å². The molecule has 1 fully saturated rings. The number of carbonyl (C=O) groups excluding carboxylic acids is 1. The number of aryl methyl sites for hydroxylation is 1. The average molecular weight is 222 g/mol. The van der Waals surface area contributed by atoms with Crippen molar-refractivity contribution < 1.29 is 4.79 Å². The fourth-order valence-corrected chi connectivity index (χ4v) is 1.97. The Bertz CT molecular complexity index is 341. The predicted octanol–water partition coefficient (Wildman–Crippen LogP) is 0.141. The van der Waals surface area contributed by atoms with Crippen molar-refractivity contribution >= 4 is 5.91 Å². The van der Waals surface area contributed by atoms with Crippen LogP contribution < -0.4 is 10.6 Å². The number of hydrogen-bond donors (Lipinski definition) is 2. The largest absolute Gasteiger partial charge is 0.350 e. The number of rotatable bonds is 4. The Labute approximate surface area is 95.2 Å². The minimum atomic E-state index is -0.0683. The molecule has 1 aliphatic rings. The molecule has 2 N–H and O–H groups in total. The first-order valence-corrected chi connectivity index (χ1v) is 5.67. The molecule has 2 rings (SSSR count). The summed E-state index contributed by atoms with van der Waals surface area (Å²) in [6, 6.07) is 1.86. The van der Waals surface area contributed by atoms with Gasteiger partial charge in [0.25, 0.3) is 0 Å². The van der Waals surface area contributed by atoms with Gasteiger partial charge in [0.05, 0.1) is 5.54 Å². The lowest BCUT2D eigenvalue weighted by atomic mass is 10.0. The first kappa shape index (κ1) is 11.1. The van der Waals surface area contributed by atoms with E-state index in [1.807, 2.05) is 12.3 Å². The summed E-state index contributed by atoms with van der Waals surface area (Å²) in [7, 11) is 0. The van der Waals surface area contributed by atoms with Crippen LogP contribution in [-0.4, -0.2) is 34.3 Å². The molecule has 1 unspecified atom stereocenters. The van der Waals surface area contributed by atoms with Gasteiger partial charge in [0.2, 0.25) is 5.91 Å². The van der Waals surface area contributed by atoms with Gasteiger partial charge in [-0.1, -0.05) is 0 Å². The van der Waals surface area contributed by atoms with Gasteiger partial charge >= 0.3 is 0 Å². The van der Waals surface area contributed by atoms with Crippen LogP contribution >= 0.6 is 0 Å². The van der Waals surface area contributed by atoms with Crippen LogP contribution in [0.1, 0.15) is 19.8 Å². The Hall–Kier alpha value is -1.36. The molecule has 0 bridgehead atoms. The van der Waals surface area contributed by atoms with E-state index in [0.717, 1.165) is 19.5 Å². The van der Waals surface area contributed by atoms with Crippen LogP contribution in [0.25, 0.3) is 0 Å². The van der Waals surface area contributed by atoms with Crippen LogP contribution in [0.15, 0.2) is 18.5 Å². The second-order valence-electron chi connectivity index (χ2n) is 4.55. The molecule has 1 aromatic heterocycles. The summed E-state index contributed by atoms with van der Waals surface area (Å²) in [6.07, 6.45) is 5.07. The molecule has 1 aromatic rings. The molecule has 0 saturated carbocycles. The fraction of sp³-hybridized carbons (Fsp3) is 0.636. The van der Waals surface area contributed by atoms with E-state index in [1.54, 1.807) is 10.9 Å². The van der Waals surface area contributed by atoms with Crippen molar-refractivity contribution in [2.75, 3.05) is 13.1 Å². The van der Waals surface area contributed by atoms with Crippen LogP contribution in [0.3, 0.4) is 0 Å². The molecule has 5 heteroatoms. The van der Waals surface area contributed by atoms with Crippen molar-refractivity contribution in [3.63, 3.8) is 0 Å². The van der Waals surface area contributed by atoms with Gasteiger partial charge < -0.3 is 10.6 Å². The molecule has 5 nitrogen and oxygen atoms in total. The third-order valence-electron chi connectivity index (χ3n) is 2.94. The van der Waals surface area contributed by atoms with Gasteiger partial charge in [0, 0.05) is 31.9 Å². The first-order valence-electron chi connectivity index (χ1n) is 5.67. The number of amides is 1. The molecule has 0 aliphatic carbocycles. The number of nitrogens with zero attached hydrogens (tertiary/aromatic N) is 2. The van der Waals surface area contributed by atoms with Crippen molar-refractivity contribution in [2.24, 2.45) is 0 Å². The zero-order chi connectivity index (χ0) is 11.4. The van der Waals surface area contributed by atoms with Crippen LogP contribution in [0, 0.1) is 0 Å². The maximum absolute atomic E-state index is 11.7. The van der Waals surface area contributed by atoms with Gasteiger partial charge in [-0.3, -0.25) is 9.48 Å². The zero-order valence-electron chi connectivity index (χ0n) is 9.57. The Balaban J connectivity index is 1.76. The Morgan fingerprint density at radius 2 is 2.56 bits per heavy atom. The van der Waals surface area contributed by atoms with E-state index in [4.69, 9.17) is 0 Å². The molecule has 1 amide bonds. The van der Waals surface area contributed by atoms with Gasteiger partial charge in [-0.2, -0.15) is 5.10 Å². The van der Waals surface area contributed by atoms with E-state index in [9.17, 15) is 4.79 Å². The topological polar surface area (TPSA) is 59.0 Å². The van der Waals surface area contributed by atoms with Crippen molar-refractivity contribution in [1.82, 2.24) is 20.4 Å². The molecule has 16 heavy (non-hydrogen) atoms. The second-order valence-corrected chi connectivity index (χ2v) is 4.55. The van der Waals surface area contributed by atoms with Crippen LogP contribution in [0.5, 0.6) is 0 Å². The molecule has 2 heterocycles. The normalized spacial score (nSPS) is 24.6. The third-order valence-corrected chi connectivity index (χ3v) is 2.94. The third kappa shape index (κ3) is 2.82. The SMILES string of the molecule is CC1(NC(=O)CCn2cccn2)CCNC1. The number of nitrogens with one attached hydrogen (secondary N) is 2. The summed E-state index contributed by atoms with van der Waals surface area (Å²) in [5.74, 6) is 0.0988. The molecule has 1 atom stereocenters. The molecule has 0 spiro atoms. The monoisotopic (exact) mass is 222 g/mol. The minimum Gasteiger partial charge on any atom is -0.350 e. The Morgan fingerprint density at radius 3 is 3.19 bits per heavy atom. The fourth-order valence-electron chi connectivity index (χ4n) is 1.97. The quantitative estimate of drug-likeness (QED) is 0.762. The number of carbonyl (C=O) groups is 1. The minimum absolute atomic E-state index is 0.0683. The lowest BCUT2D eigenvalue weighted by molar-refractivity contribution is -0.122. The van der Waals surface area contributed by atoms with E-state index >= 15 is 0 Å². The highest BCUT2D eigenvalue weighted by Crippen LogP contribution is 2.13. The smallest absolute Gasteiger partial charge is 0.222 e. The van der Waals surface area contributed by atoms with Crippen LogP contribution in [0.2, 0.25) is 0 Å². The van der Waals surface area contributed by atoms with Gasteiger partial charge in [-0.25, -0.2) is 0 Å². The van der Waals surface area contributed by atoms with Gasteiger partial charge in [0.15, 0.2) is 0 Å². The Kier molecular flexibility index (Phi) is 3.24. The summed E-state index contributed by atoms with van der Waals surface area (Å²) in [6.45, 7) is 4.57. The standard InChI is InChI=1S/C11H18N4O/c1-11(4-6-12-9-11)14-10(16)3-8-15-7-2-5-13-15/h2,5,7,12H,3-4,6,8-9H2,1H3,(H,14,16). The maximum Gasteiger partial charge on any atom is 0.222 e.